The third kappa shape index (κ3) is 5.41. The molecule has 1 fully saturated rings. The number of nitrogens with zero attached hydrogens (tertiary/aromatic N) is 3. The normalized spacial score (nSPS) is 21.1. The quantitative estimate of drug-likeness (QED) is 0.754. The first-order chi connectivity index (χ1) is 13.2. The minimum Gasteiger partial charge on any atom is -0.444 e. The number of anilines is 1. The number of hydrogen-bond acceptors (Lipinski definition) is 5. The molecule has 3 rings (SSSR count). The Morgan fingerprint density at radius 2 is 1.79 bits per heavy atom. The number of thioether (sulfide) groups is 1. The number of benzene rings is 1. The predicted octanol–water partition coefficient (Wildman–Crippen LogP) is 3.46. The Balaban J connectivity index is 1.57. The molecule has 1 aromatic carbocycles. The molecule has 1 unspecified atom stereocenters. The number of carbonyl (C=O) groups excluding carboxylic acids is 2. The first kappa shape index (κ1) is 21.0. The second-order valence-electron chi connectivity index (χ2n) is 8.47. The van der Waals surface area contributed by atoms with E-state index >= 15 is 0 Å². The number of hydrogen-bond donors (Lipinski definition) is 0. The van der Waals surface area contributed by atoms with Crippen molar-refractivity contribution in [1.82, 2.24) is 9.80 Å². The molecule has 0 aromatic heterocycles. The van der Waals surface area contributed by atoms with E-state index in [-0.39, 0.29) is 12.0 Å². The zero-order valence-electron chi connectivity index (χ0n) is 17.3. The molecule has 7 heteroatoms. The van der Waals surface area contributed by atoms with Gasteiger partial charge < -0.3 is 14.5 Å². The molecular weight excluding hydrogens is 374 g/mol. The minimum atomic E-state index is -0.487. The fraction of sp³-hybridized carbons (Fsp3) is 0.619. The van der Waals surface area contributed by atoms with Gasteiger partial charge in [0.25, 0.3) is 0 Å². The molecule has 1 aromatic rings. The molecule has 0 spiro atoms. The van der Waals surface area contributed by atoms with Crippen LogP contribution in [0.3, 0.4) is 0 Å². The minimum absolute atomic E-state index is 0.132. The molecule has 2 aliphatic rings. The Morgan fingerprint density at radius 3 is 2.46 bits per heavy atom. The third-order valence-corrected chi connectivity index (χ3v) is 6.16. The lowest BCUT2D eigenvalue weighted by molar-refractivity contribution is -0.120. The van der Waals surface area contributed by atoms with Gasteiger partial charge in [-0.25, -0.2) is 4.79 Å². The maximum Gasteiger partial charge on any atom is 0.410 e. The highest BCUT2D eigenvalue weighted by molar-refractivity contribution is 8.00. The summed E-state index contributed by atoms with van der Waals surface area (Å²) < 4.78 is 5.44. The molecule has 154 valence electrons. The lowest BCUT2D eigenvalue weighted by atomic mass is 10.2. The van der Waals surface area contributed by atoms with Gasteiger partial charge in [0, 0.05) is 42.9 Å². The van der Waals surface area contributed by atoms with E-state index in [2.05, 4.69) is 17.9 Å². The topological polar surface area (TPSA) is 53.1 Å². The third-order valence-electron chi connectivity index (χ3n) is 4.93. The highest BCUT2D eigenvalue weighted by Gasteiger charge is 2.29. The van der Waals surface area contributed by atoms with Crippen molar-refractivity contribution < 1.29 is 14.3 Å². The van der Waals surface area contributed by atoms with Gasteiger partial charge in [0.05, 0.1) is 12.2 Å². The van der Waals surface area contributed by atoms with Crippen LogP contribution >= 0.6 is 11.8 Å². The maximum absolute atomic E-state index is 13.1. The van der Waals surface area contributed by atoms with Gasteiger partial charge >= 0.3 is 6.09 Å². The molecule has 0 N–H and O–H groups in total. The van der Waals surface area contributed by atoms with Gasteiger partial charge in [0.15, 0.2) is 0 Å². The van der Waals surface area contributed by atoms with Crippen molar-refractivity contribution in [2.24, 2.45) is 0 Å². The molecule has 1 saturated heterocycles. The Labute approximate surface area is 172 Å². The summed E-state index contributed by atoms with van der Waals surface area (Å²) in [5.74, 6) is 0.132. The largest absolute Gasteiger partial charge is 0.444 e. The number of piperazine rings is 1. The molecule has 1 atom stereocenters. The molecule has 0 saturated carbocycles. The fourth-order valence-corrected chi connectivity index (χ4v) is 4.55. The van der Waals surface area contributed by atoms with Crippen molar-refractivity contribution in [3.8, 4) is 0 Å². The molecule has 6 nitrogen and oxygen atoms in total. The summed E-state index contributed by atoms with van der Waals surface area (Å²) >= 11 is 1.84. The monoisotopic (exact) mass is 405 g/mol. The van der Waals surface area contributed by atoms with E-state index in [0.717, 1.165) is 18.7 Å². The number of carbonyl (C=O) groups is 2. The molecule has 2 aliphatic heterocycles. The van der Waals surface area contributed by atoms with E-state index in [1.54, 1.807) is 4.90 Å². The Hall–Kier alpha value is -1.73. The highest BCUT2D eigenvalue weighted by Crippen LogP contribution is 2.37. The summed E-state index contributed by atoms with van der Waals surface area (Å²) in [6, 6.07) is 8.16. The number of para-hydroxylation sites is 1. The lowest BCUT2D eigenvalue weighted by Gasteiger charge is -2.36. The Kier molecular flexibility index (Phi) is 6.55. The first-order valence-corrected chi connectivity index (χ1v) is 10.9. The van der Waals surface area contributed by atoms with Crippen LogP contribution in [0.15, 0.2) is 29.2 Å². The average Bonchev–Trinajstić information content (AvgIpc) is 2.79. The summed E-state index contributed by atoms with van der Waals surface area (Å²) in [7, 11) is 0. The van der Waals surface area contributed by atoms with Gasteiger partial charge in [0.2, 0.25) is 5.91 Å². The molecule has 0 radical (unpaired) electrons. The predicted molar refractivity (Wildman–Crippen MR) is 113 cm³/mol. The van der Waals surface area contributed by atoms with Crippen LogP contribution in [-0.2, 0) is 9.53 Å². The number of amides is 2. The second kappa shape index (κ2) is 8.74. The zero-order chi connectivity index (χ0) is 20.3. The first-order valence-electron chi connectivity index (χ1n) is 9.99. The van der Waals surface area contributed by atoms with Crippen molar-refractivity contribution in [2.75, 3.05) is 44.2 Å². The zero-order valence-corrected chi connectivity index (χ0v) is 18.1. The molecule has 0 aliphatic carbocycles. The summed E-state index contributed by atoms with van der Waals surface area (Å²) in [6.45, 7) is 11.5. The maximum atomic E-state index is 13.1. The Morgan fingerprint density at radius 1 is 1.11 bits per heavy atom. The molecule has 28 heavy (non-hydrogen) atoms. The lowest BCUT2D eigenvalue weighted by Crippen LogP contribution is -2.52. The van der Waals surface area contributed by atoms with Crippen LogP contribution in [0, 0.1) is 0 Å². The summed E-state index contributed by atoms with van der Waals surface area (Å²) in [6.07, 6.45) is 0.711. The van der Waals surface area contributed by atoms with Gasteiger partial charge in [-0.1, -0.05) is 19.1 Å². The van der Waals surface area contributed by atoms with Gasteiger partial charge in [-0.15, -0.1) is 11.8 Å². The van der Waals surface area contributed by atoms with Crippen LogP contribution in [0.2, 0.25) is 0 Å². The van der Waals surface area contributed by atoms with Crippen LogP contribution < -0.4 is 4.90 Å². The van der Waals surface area contributed by atoms with E-state index in [9.17, 15) is 9.59 Å². The van der Waals surface area contributed by atoms with Gasteiger partial charge in [0.1, 0.15) is 5.60 Å². The number of ether oxygens (including phenoxy) is 1. The van der Waals surface area contributed by atoms with Crippen molar-refractivity contribution in [3.05, 3.63) is 24.3 Å². The summed E-state index contributed by atoms with van der Waals surface area (Å²) in [5.41, 5.74) is 0.536. The van der Waals surface area contributed by atoms with E-state index in [1.165, 1.54) is 4.90 Å². The average molecular weight is 406 g/mol. The van der Waals surface area contributed by atoms with E-state index in [1.807, 2.05) is 55.6 Å². The Bertz CT molecular complexity index is 711. The van der Waals surface area contributed by atoms with E-state index < -0.39 is 5.60 Å². The van der Waals surface area contributed by atoms with Gasteiger partial charge in [-0.3, -0.25) is 9.69 Å². The van der Waals surface area contributed by atoms with E-state index in [4.69, 9.17) is 4.74 Å². The van der Waals surface area contributed by atoms with Crippen molar-refractivity contribution in [1.29, 1.82) is 0 Å². The summed E-state index contributed by atoms with van der Waals surface area (Å²) in [5, 5.41) is 0.497. The molecular formula is C21H31N3O3S. The van der Waals surface area contributed by atoms with Crippen molar-refractivity contribution >= 4 is 29.4 Å². The number of fused-ring (bicyclic) bond motifs is 1. The SMILES string of the molecule is CC1CCN(C(=O)CN2CCN(C(=O)OC(C)(C)C)CC2)c2ccccc2S1. The van der Waals surface area contributed by atoms with Crippen molar-refractivity contribution in [3.63, 3.8) is 0 Å². The molecule has 2 amide bonds. The molecule has 2 heterocycles. The van der Waals surface area contributed by atoms with Gasteiger partial charge in [-0.05, 0) is 39.3 Å². The van der Waals surface area contributed by atoms with Crippen LogP contribution in [0.25, 0.3) is 0 Å². The van der Waals surface area contributed by atoms with Crippen LogP contribution in [-0.4, -0.2) is 71.9 Å². The standard InChI is InChI=1S/C21H31N3O3S/c1-16-9-10-24(17-7-5-6-8-18(17)28-16)19(25)15-22-11-13-23(14-12-22)20(26)27-21(2,3)4/h5-8,16H,9-15H2,1-4H3. The fourth-order valence-electron chi connectivity index (χ4n) is 3.44. The van der Waals surface area contributed by atoms with Crippen LogP contribution in [0.4, 0.5) is 10.5 Å². The number of rotatable bonds is 2. The summed E-state index contributed by atoms with van der Waals surface area (Å²) in [4.78, 5) is 32.2. The molecule has 0 bridgehead atoms. The highest BCUT2D eigenvalue weighted by atomic mass is 32.2. The smallest absolute Gasteiger partial charge is 0.410 e. The second-order valence-corrected chi connectivity index (χ2v) is 9.95. The van der Waals surface area contributed by atoms with Crippen LogP contribution in [0.5, 0.6) is 0 Å². The van der Waals surface area contributed by atoms with Crippen LogP contribution in [0.1, 0.15) is 34.1 Å². The van der Waals surface area contributed by atoms with E-state index in [0.29, 0.717) is 38.0 Å². The van der Waals surface area contributed by atoms with Crippen molar-refractivity contribution in [2.45, 2.75) is 49.9 Å². The van der Waals surface area contributed by atoms with Gasteiger partial charge in [-0.2, -0.15) is 0 Å².